The van der Waals surface area contributed by atoms with Gasteiger partial charge in [-0.3, -0.25) is 14.7 Å². The quantitative estimate of drug-likeness (QED) is 0.382. The summed E-state index contributed by atoms with van der Waals surface area (Å²) in [4.78, 5) is 24.9. The number of hydrogen-bond donors (Lipinski definition) is 3. The van der Waals surface area contributed by atoms with Crippen molar-refractivity contribution in [1.82, 2.24) is 20.8 Å². The lowest BCUT2D eigenvalue weighted by Crippen LogP contribution is -2.47. The molecule has 0 saturated carbocycles. The van der Waals surface area contributed by atoms with Gasteiger partial charge in [0.05, 0.1) is 28.8 Å². The van der Waals surface area contributed by atoms with E-state index in [4.69, 9.17) is 15.4 Å². The molecule has 0 aliphatic carbocycles. The summed E-state index contributed by atoms with van der Waals surface area (Å²) >= 11 is 0. The maximum absolute atomic E-state index is 12.9. The summed E-state index contributed by atoms with van der Waals surface area (Å²) in [6, 6.07) is 3.82. The van der Waals surface area contributed by atoms with Crippen molar-refractivity contribution < 1.29 is 22.7 Å². The molecule has 1 aromatic carbocycles. The van der Waals surface area contributed by atoms with E-state index in [9.17, 15) is 18.0 Å². The van der Waals surface area contributed by atoms with Crippen LogP contribution in [0, 0.1) is 0 Å². The second-order valence-corrected chi connectivity index (χ2v) is 8.79. The summed E-state index contributed by atoms with van der Waals surface area (Å²) in [6.07, 6.45) is 3.98. The molecule has 0 aliphatic rings. The number of aromatic nitrogens is 2. The summed E-state index contributed by atoms with van der Waals surface area (Å²) in [5.74, 6) is -0.772. The minimum atomic E-state index is -4.03. The Morgan fingerprint density at radius 3 is 2.52 bits per heavy atom. The maximum atomic E-state index is 12.9. The van der Waals surface area contributed by atoms with Crippen LogP contribution < -0.4 is 15.4 Å². The standard InChI is InChI=1S/C18H23ClN4O5S/c1-3-5-16(22-17(24)12-10-20-21-11-12)23-18(25)14-9-13(29(19,26)27)6-7-15(14)28-8-4-2/h6-7,9-11,16H,3-5,8H2,1-2H3,(H,20,21)(H,22,24)(H,23,25). The van der Waals surface area contributed by atoms with E-state index in [1.165, 1.54) is 24.5 Å². The highest BCUT2D eigenvalue weighted by atomic mass is 35.7. The van der Waals surface area contributed by atoms with E-state index < -0.39 is 27.0 Å². The summed E-state index contributed by atoms with van der Waals surface area (Å²) in [5.41, 5.74) is 0.335. The van der Waals surface area contributed by atoms with E-state index in [0.717, 1.165) is 6.07 Å². The molecule has 0 saturated heterocycles. The van der Waals surface area contributed by atoms with Crippen LogP contribution >= 0.6 is 10.7 Å². The first-order valence-corrected chi connectivity index (χ1v) is 11.4. The highest BCUT2D eigenvalue weighted by Gasteiger charge is 2.22. The Morgan fingerprint density at radius 2 is 1.93 bits per heavy atom. The number of amides is 2. The van der Waals surface area contributed by atoms with Crippen LogP contribution in [0.5, 0.6) is 5.75 Å². The molecule has 3 N–H and O–H groups in total. The number of H-pyrrole nitrogens is 1. The Kier molecular flexibility index (Phi) is 8.03. The van der Waals surface area contributed by atoms with Gasteiger partial charge in [-0.1, -0.05) is 20.3 Å². The Hall–Kier alpha value is -2.59. The summed E-state index contributed by atoms with van der Waals surface area (Å²) < 4.78 is 28.9. The maximum Gasteiger partial charge on any atom is 0.261 e. The molecule has 2 amide bonds. The molecule has 0 bridgehead atoms. The van der Waals surface area contributed by atoms with E-state index >= 15 is 0 Å². The van der Waals surface area contributed by atoms with Gasteiger partial charge < -0.3 is 15.4 Å². The van der Waals surface area contributed by atoms with Crippen LogP contribution in [0.25, 0.3) is 0 Å². The van der Waals surface area contributed by atoms with Crippen molar-refractivity contribution >= 4 is 31.5 Å². The largest absolute Gasteiger partial charge is 0.493 e. The third-order valence-electron chi connectivity index (χ3n) is 3.89. The molecule has 2 aromatic rings. The van der Waals surface area contributed by atoms with Crippen molar-refractivity contribution in [3.05, 3.63) is 41.7 Å². The van der Waals surface area contributed by atoms with Crippen LogP contribution in [0.3, 0.4) is 0 Å². The van der Waals surface area contributed by atoms with Crippen LogP contribution in [0.4, 0.5) is 0 Å². The van der Waals surface area contributed by atoms with E-state index in [2.05, 4.69) is 20.8 Å². The molecular formula is C18H23ClN4O5S. The van der Waals surface area contributed by atoms with Crippen molar-refractivity contribution in [1.29, 1.82) is 0 Å². The number of rotatable bonds is 10. The zero-order chi connectivity index (χ0) is 21.4. The summed E-state index contributed by atoms with van der Waals surface area (Å²) in [7, 11) is 1.38. The number of carbonyl (C=O) groups is 2. The highest BCUT2D eigenvalue weighted by Crippen LogP contribution is 2.25. The molecule has 0 radical (unpaired) electrons. The number of hydrogen-bond acceptors (Lipinski definition) is 6. The van der Waals surface area contributed by atoms with Gasteiger partial charge in [0.15, 0.2) is 0 Å². The number of nitrogens with one attached hydrogen (secondary N) is 3. The molecule has 1 aromatic heterocycles. The average molecular weight is 443 g/mol. The number of ether oxygens (including phenoxy) is 1. The molecule has 29 heavy (non-hydrogen) atoms. The van der Waals surface area contributed by atoms with E-state index in [0.29, 0.717) is 31.4 Å². The van der Waals surface area contributed by atoms with E-state index in [-0.39, 0.29) is 16.2 Å². The van der Waals surface area contributed by atoms with Gasteiger partial charge in [0.25, 0.3) is 20.9 Å². The van der Waals surface area contributed by atoms with Crippen LogP contribution in [0.2, 0.25) is 0 Å². The Bertz CT molecular complexity index is 947. The lowest BCUT2D eigenvalue weighted by Gasteiger charge is -2.20. The van der Waals surface area contributed by atoms with Gasteiger partial charge in [0.2, 0.25) is 0 Å². The molecule has 11 heteroatoms. The Labute approximate surface area is 173 Å². The normalized spacial score (nSPS) is 12.2. The third kappa shape index (κ3) is 6.47. The van der Waals surface area contributed by atoms with Gasteiger partial charge in [-0.15, -0.1) is 0 Å². The summed E-state index contributed by atoms with van der Waals surface area (Å²) in [6.45, 7) is 4.16. The fourth-order valence-corrected chi connectivity index (χ4v) is 3.27. The minimum absolute atomic E-state index is 0.0128. The second kappa shape index (κ2) is 10.3. The van der Waals surface area contributed by atoms with E-state index in [1.807, 2.05) is 13.8 Å². The molecular weight excluding hydrogens is 420 g/mol. The number of aromatic amines is 1. The van der Waals surface area contributed by atoms with Crippen molar-refractivity contribution in [3.8, 4) is 5.75 Å². The molecule has 0 spiro atoms. The molecule has 9 nitrogen and oxygen atoms in total. The lowest BCUT2D eigenvalue weighted by molar-refractivity contribution is 0.0877. The van der Waals surface area contributed by atoms with Crippen molar-refractivity contribution in [2.24, 2.45) is 0 Å². The van der Waals surface area contributed by atoms with Crippen LogP contribution in [-0.2, 0) is 9.05 Å². The van der Waals surface area contributed by atoms with Gasteiger partial charge in [0, 0.05) is 16.9 Å². The van der Waals surface area contributed by atoms with Crippen LogP contribution in [-0.4, -0.2) is 43.2 Å². The zero-order valence-electron chi connectivity index (χ0n) is 16.1. The van der Waals surface area contributed by atoms with Gasteiger partial charge in [0.1, 0.15) is 11.9 Å². The number of benzene rings is 1. The molecule has 0 aliphatic heterocycles. The Morgan fingerprint density at radius 1 is 1.21 bits per heavy atom. The predicted octanol–water partition coefficient (Wildman–Crippen LogP) is 2.41. The topological polar surface area (TPSA) is 130 Å². The van der Waals surface area contributed by atoms with Gasteiger partial charge in [-0.25, -0.2) is 8.42 Å². The third-order valence-corrected chi connectivity index (χ3v) is 5.24. The number of nitrogens with zero attached hydrogens (tertiary/aromatic N) is 1. The minimum Gasteiger partial charge on any atom is -0.493 e. The first-order chi connectivity index (χ1) is 13.8. The fourth-order valence-electron chi connectivity index (χ4n) is 2.50. The molecule has 1 heterocycles. The molecule has 158 valence electrons. The molecule has 1 unspecified atom stereocenters. The van der Waals surface area contributed by atoms with Crippen molar-refractivity contribution in [3.63, 3.8) is 0 Å². The Balaban J connectivity index is 2.25. The number of halogens is 1. The number of carbonyl (C=O) groups excluding carboxylic acids is 2. The van der Waals surface area contributed by atoms with Gasteiger partial charge in [-0.2, -0.15) is 5.10 Å². The SMILES string of the molecule is CCCOc1ccc(S(=O)(=O)Cl)cc1C(=O)NC(CCC)NC(=O)c1cn[nH]c1. The van der Waals surface area contributed by atoms with Gasteiger partial charge >= 0.3 is 0 Å². The lowest BCUT2D eigenvalue weighted by atomic mass is 10.1. The van der Waals surface area contributed by atoms with Crippen molar-refractivity contribution in [2.75, 3.05) is 6.61 Å². The smallest absolute Gasteiger partial charge is 0.261 e. The predicted molar refractivity (Wildman–Crippen MR) is 107 cm³/mol. The summed E-state index contributed by atoms with van der Waals surface area (Å²) in [5, 5.41) is 11.7. The van der Waals surface area contributed by atoms with Crippen molar-refractivity contribution in [2.45, 2.75) is 44.2 Å². The zero-order valence-corrected chi connectivity index (χ0v) is 17.6. The first kappa shape index (κ1) is 22.7. The van der Waals surface area contributed by atoms with Gasteiger partial charge in [-0.05, 0) is 31.0 Å². The van der Waals surface area contributed by atoms with Crippen LogP contribution in [0.1, 0.15) is 53.8 Å². The van der Waals surface area contributed by atoms with Crippen LogP contribution in [0.15, 0.2) is 35.5 Å². The molecule has 0 fully saturated rings. The fraction of sp³-hybridized carbons (Fsp3) is 0.389. The molecule has 2 rings (SSSR count). The van der Waals surface area contributed by atoms with E-state index in [1.54, 1.807) is 0 Å². The average Bonchev–Trinajstić information content (AvgIpc) is 3.20. The second-order valence-electron chi connectivity index (χ2n) is 6.22. The molecule has 1 atom stereocenters. The monoisotopic (exact) mass is 442 g/mol. The first-order valence-electron chi connectivity index (χ1n) is 9.08. The highest BCUT2D eigenvalue weighted by molar-refractivity contribution is 8.13.